The van der Waals surface area contributed by atoms with Gasteiger partial charge in [-0.2, -0.15) is 0 Å². The van der Waals surface area contributed by atoms with Crippen molar-refractivity contribution in [1.29, 1.82) is 0 Å². The molecule has 18 heavy (non-hydrogen) atoms. The van der Waals surface area contributed by atoms with Crippen molar-refractivity contribution in [3.05, 3.63) is 52.2 Å². The number of benzene rings is 1. The van der Waals surface area contributed by atoms with E-state index < -0.39 is 0 Å². The number of para-hydroxylation sites is 1. The van der Waals surface area contributed by atoms with E-state index in [-0.39, 0.29) is 0 Å². The van der Waals surface area contributed by atoms with Gasteiger partial charge in [0.25, 0.3) is 0 Å². The smallest absolute Gasteiger partial charge is 0.0427 e. The molecular weight excluding hydrogens is 238 g/mol. The molecule has 1 nitrogen and oxygen atoms in total. The van der Waals surface area contributed by atoms with Crippen LogP contribution >= 0.6 is 11.3 Å². The minimum absolute atomic E-state index is 0.534. The predicted octanol–water partition coefficient (Wildman–Crippen LogP) is 4.35. The number of fused-ring (bicyclic) bond motifs is 1. The van der Waals surface area contributed by atoms with Gasteiger partial charge >= 0.3 is 0 Å². The third-order valence-electron chi connectivity index (χ3n) is 3.97. The molecule has 94 valence electrons. The zero-order valence-corrected chi connectivity index (χ0v) is 11.9. The van der Waals surface area contributed by atoms with Gasteiger partial charge in [-0.25, -0.2) is 0 Å². The molecule has 0 unspecified atom stereocenters. The van der Waals surface area contributed by atoms with Gasteiger partial charge in [0.1, 0.15) is 0 Å². The first-order valence-corrected chi connectivity index (χ1v) is 7.43. The zero-order chi connectivity index (χ0) is 12.7. The lowest BCUT2D eigenvalue weighted by Crippen LogP contribution is -2.35. The third-order valence-corrected chi connectivity index (χ3v) is 4.93. The monoisotopic (exact) mass is 257 g/mol. The van der Waals surface area contributed by atoms with E-state index in [1.54, 1.807) is 0 Å². The van der Waals surface area contributed by atoms with E-state index in [0.717, 1.165) is 0 Å². The van der Waals surface area contributed by atoms with Gasteiger partial charge in [0, 0.05) is 29.6 Å². The van der Waals surface area contributed by atoms with Crippen LogP contribution in [0.4, 0.5) is 5.69 Å². The number of hydrogen-bond donors (Lipinski definition) is 0. The number of nitrogens with zero attached hydrogens (tertiary/aromatic N) is 1. The molecule has 0 radical (unpaired) electrons. The van der Waals surface area contributed by atoms with Crippen molar-refractivity contribution in [2.24, 2.45) is 5.92 Å². The average molecular weight is 257 g/mol. The van der Waals surface area contributed by atoms with Crippen molar-refractivity contribution in [3.8, 4) is 0 Å². The molecular formula is C16H19NS. The van der Waals surface area contributed by atoms with E-state index in [2.05, 4.69) is 67.6 Å². The molecule has 1 aliphatic heterocycles. The summed E-state index contributed by atoms with van der Waals surface area (Å²) < 4.78 is 0. The molecule has 0 saturated heterocycles. The largest absolute Gasteiger partial charge is 0.370 e. The molecule has 0 amide bonds. The fraction of sp³-hybridized carbons (Fsp3) is 0.375. The fourth-order valence-corrected chi connectivity index (χ4v) is 4.15. The minimum atomic E-state index is 0.534. The SMILES string of the molecule is CC(C)[C@H]1[C@H](c2cccs2)c2ccccc2N1C. The molecule has 0 bridgehead atoms. The molecule has 0 N–H and O–H groups in total. The molecule has 2 heteroatoms. The molecule has 1 aliphatic rings. The quantitative estimate of drug-likeness (QED) is 0.773. The van der Waals surface area contributed by atoms with Crippen molar-refractivity contribution in [1.82, 2.24) is 0 Å². The maximum atomic E-state index is 2.46. The summed E-state index contributed by atoms with van der Waals surface area (Å²) in [7, 11) is 2.23. The molecule has 0 aliphatic carbocycles. The van der Waals surface area contributed by atoms with E-state index in [1.165, 1.54) is 16.1 Å². The molecule has 0 fully saturated rings. The molecule has 2 aromatic rings. The second-order valence-corrected chi connectivity index (χ2v) is 6.38. The number of thiophene rings is 1. The van der Waals surface area contributed by atoms with Crippen LogP contribution in [-0.2, 0) is 0 Å². The molecule has 0 saturated carbocycles. The van der Waals surface area contributed by atoms with E-state index in [9.17, 15) is 0 Å². The van der Waals surface area contributed by atoms with Crippen LogP contribution in [0.1, 0.15) is 30.2 Å². The highest BCUT2D eigenvalue weighted by molar-refractivity contribution is 7.10. The Hall–Kier alpha value is -1.28. The number of likely N-dealkylation sites (N-methyl/N-ethyl adjacent to an activating group) is 1. The second kappa shape index (κ2) is 4.43. The molecule has 1 aromatic heterocycles. The minimum Gasteiger partial charge on any atom is -0.370 e. The van der Waals surface area contributed by atoms with E-state index in [1.807, 2.05) is 11.3 Å². The first-order chi connectivity index (χ1) is 8.70. The summed E-state index contributed by atoms with van der Waals surface area (Å²) >= 11 is 1.88. The number of anilines is 1. The van der Waals surface area contributed by atoms with E-state index >= 15 is 0 Å². The summed E-state index contributed by atoms with van der Waals surface area (Å²) in [5, 5.41) is 2.19. The Kier molecular flexibility index (Phi) is 2.90. The summed E-state index contributed by atoms with van der Waals surface area (Å²) in [4.78, 5) is 3.95. The summed E-state index contributed by atoms with van der Waals surface area (Å²) in [5.41, 5.74) is 2.88. The van der Waals surface area contributed by atoms with Gasteiger partial charge < -0.3 is 4.90 Å². The van der Waals surface area contributed by atoms with Crippen molar-refractivity contribution in [2.45, 2.75) is 25.8 Å². The zero-order valence-electron chi connectivity index (χ0n) is 11.1. The van der Waals surface area contributed by atoms with Gasteiger partial charge in [-0.3, -0.25) is 0 Å². The van der Waals surface area contributed by atoms with Gasteiger partial charge in [-0.1, -0.05) is 38.1 Å². The Labute approximate surface area is 113 Å². The Bertz CT molecular complexity index is 530. The molecule has 2 atom stereocenters. The summed E-state index contributed by atoms with van der Waals surface area (Å²) in [6, 6.07) is 13.9. The lowest BCUT2D eigenvalue weighted by molar-refractivity contribution is 0.458. The Morgan fingerprint density at radius 3 is 2.56 bits per heavy atom. The van der Waals surface area contributed by atoms with Crippen LogP contribution in [0.5, 0.6) is 0 Å². The first kappa shape index (κ1) is 11.8. The fourth-order valence-electron chi connectivity index (χ4n) is 3.26. The van der Waals surface area contributed by atoms with Crippen LogP contribution in [0.3, 0.4) is 0 Å². The van der Waals surface area contributed by atoms with Gasteiger partial charge in [0.15, 0.2) is 0 Å². The summed E-state index contributed by atoms with van der Waals surface area (Å²) in [6.45, 7) is 4.65. The maximum absolute atomic E-state index is 2.46. The first-order valence-electron chi connectivity index (χ1n) is 6.55. The van der Waals surface area contributed by atoms with Crippen LogP contribution < -0.4 is 4.90 Å². The second-order valence-electron chi connectivity index (χ2n) is 5.40. The van der Waals surface area contributed by atoms with Crippen LogP contribution in [0.25, 0.3) is 0 Å². The van der Waals surface area contributed by atoms with Crippen molar-refractivity contribution < 1.29 is 0 Å². The Morgan fingerprint density at radius 1 is 1.11 bits per heavy atom. The van der Waals surface area contributed by atoms with Crippen molar-refractivity contribution >= 4 is 17.0 Å². The highest BCUT2D eigenvalue weighted by Gasteiger charge is 2.39. The van der Waals surface area contributed by atoms with Crippen molar-refractivity contribution in [3.63, 3.8) is 0 Å². The molecule has 3 rings (SSSR count). The van der Waals surface area contributed by atoms with Gasteiger partial charge in [-0.05, 0) is 29.0 Å². The molecule has 0 spiro atoms. The van der Waals surface area contributed by atoms with E-state index in [0.29, 0.717) is 17.9 Å². The predicted molar refractivity (Wildman–Crippen MR) is 79.6 cm³/mol. The van der Waals surface area contributed by atoms with Gasteiger partial charge in [0.05, 0.1) is 0 Å². The highest BCUT2D eigenvalue weighted by Crippen LogP contribution is 2.47. The lowest BCUT2D eigenvalue weighted by Gasteiger charge is -2.30. The average Bonchev–Trinajstić information content (AvgIpc) is 2.96. The van der Waals surface area contributed by atoms with Gasteiger partial charge in [-0.15, -0.1) is 11.3 Å². The van der Waals surface area contributed by atoms with E-state index in [4.69, 9.17) is 0 Å². The Morgan fingerprint density at radius 2 is 1.89 bits per heavy atom. The summed E-state index contributed by atoms with van der Waals surface area (Å²) in [6.07, 6.45) is 0. The number of hydrogen-bond acceptors (Lipinski definition) is 2. The third kappa shape index (κ3) is 1.67. The van der Waals surface area contributed by atoms with Crippen LogP contribution in [0, 0.1) is 5.92 Å². The van der Waals surface area contributed by atoms with Crippen LogP contribution in [0.2, 0.25) is 0 Å². The highest BCUT2D eigenvalue weighted by atomic mass is 32.1. The summed E-state index contributed by atoms with van der Waals surface area (Å²) in [5.74, 6) is 1.18. The molecule has 1 aromatic carbocycles. The lowest BCUT2D eigenvalue weighted by atomic mass is 9.87. The number of rotatable bonds is 2. The van der Waals surface area contributed by atoms with Gasteiger partial charge in [0.2, 0.25) is 0 Å². The molecule has 2 heterocycles. The maximum Gasteiger partial charge on any atom is 0.0427 e. The van der Waals surface area contributed by atoms with Crippen LogP contribution in [0.15, 0.2) is 41.8 Å². The van der Waals surface area contributed by atoms with Crippen LogP contribution in [-0.4, -0.2) is 13.1 Å². The topological polar surface area (TPSA) is 3.24 Å². The van der Waals surface area contributed by atoms with Crippen molar-refractivity contribution in [2.75, 3.05) is 11.9 Å². The Balaban J connectivity index is 2.14. The normalized spacial score (nSPS) is 22.6. The standard InChI is InChI=1S/C16H19NS/c1-11(2)16-15(14-9-6-10-18-14)12-7-4-5-8-13(12)17(16)3/h4-11,15-16H,1-3H3/t15-,16-/m0/s1.